The molecular formula is C23H38N6O5. The molecule has 0 aliphatic heterocycles. The van der Waals surface area contributed by atoms with Gasteiger partial charge < -0.3 is 27.4 Å². The largest absolute Gasteiger partial charge is 0.343 e. The van der Waals surface area contributed by atoms with E-state index in [0.29, 0.717) is 37.9 Å². The van der Waals surface area contributed by atoms with Crippen molar-refractivity contribution in [1.82, 2.24) is 10.6 Å². The number of unbranched alkanes of at least 4 members (excludes halogenated alkanes) is 1. The lowest BCUT2D eigenvalue weighted by atomic mass is 9.96. The molecule has 0 bridgehead atoms. The van der Waals surface area contributed by atoms with E-state index in [4.69, 9.17) is 11.5 Å². The average Bonchev–Trinajstić information content (AvgIpc) is 2.80. The van der Waals surface area contributed by atoms with Crippen LogP contribution in [0.4, 0.5) is 11.4 Å². The Bertz CT molecular complexity index is 830. The van der Waals surface area contributed by atoms with Crippen molar-refractivity contribution in [3.63, 3.8) is 0 Å². The molecule has 0 spiro atoms. The molecule has 0 heterocycles. The monoisotopic (exact) mass is 478 g/mol. The van der Waals surface area contributed by atoms with E-state index in [1.165, 1.54) is 24.3 Å². The fraction of sp³-hybridized carbons (Fsp3) is 0.609. The Morgan fingerprint density at radius 1 is 1.00 bits per heavy atom. The van der Waals surface area contributed by atoms with Gasteiger partial charge in [-0.1, -0.05) is 34.1 Å². The molecule has 34 heavy (non-hydrogen) atoms. The molecule has 2 unspecified atom stereocenters. The SMILES string of the molecule is CCC(C)C(NC(=O)[C@H](N)C(C)C)C(=O)N[C@@H](CCCCN)C(=O)Nc1ccc([N+](=O)[O-])cc1. The van der Waals surface area contributed by atoms with E-state index in [1.807, 2.05) is 27.7 Å². The molecule has 0 aliphatic carbocycles. The van der Waals surface area contributed by atoms with Crippen molar-refractivity contribution in [2.75, 3.05) is 11.9 Å². The van der Waals surface area contributed by atoms with Crippen molar-refractivity contribution in [2.24, 2.45) is 23.3 Å². The summed E-state index contributed by atoms with van der Waals surface area (Å²) in [7, 11) is 0. The van der Waals surface area contributed by atoms with E-state index in [2.05, 4.69) is 16.0 Å². The van der Waals surface area contributed by atoms with Gasteiger partial charge in [-0.05, 0) is 49.8 Å². The molecule has 3 amide bonds. The number of carbonyl (C=O) groups is 3. The summed E-state index contributed by atoms with van der Waals surface area (Å²) in [5, 5.41) is 19.0. The Labute approximate surface area is 200 Å². The Morgan fingerprint density at radius 2 is 1.62 bits per heavy atom. The topological polar surface area (TPSA) is 182 Å². The standard InChI is InChI=1S/C23H38N6O5/c1-5-15(4)20(28-22(31)19(25)14(2)3)23(32)27-18(8-6-7-13-24)21(30)26-16-9-11-17(12-10-16)29(33)34/h9-12,14-15,18-20H,5-8,13,24-25H2,1-4H3,(H,26,30)(H,27,32)(H,28,31)/t15?,18-,19+,20?/m0/s1. The molecule has 1 aromatic carbocycles. The lowest BCUT2D eigenvalue weighted by Crippen LogP contribution is -2.57. The summed E-state index contributed by atoms with van der Waals surface area (Å²) in [5.41, 5.74) is 11.8. The minimum atomic E-state index is -0.878. The average molecular weight is 479 g/mol. The third kappa shape index (κ3) is 9.06. The second-order valence-electron chi connectivity index (χ2n) is 8.78. The van der Waals surface area contributed by atoms with Crippen LogP contribution in [0.5, 0.6) is 0 Å². The fourth-order valence-electron chi connectivity index (χ4n) is 3.17. The third-order valence-corrected chi connectivity index (χ3v) is 5.74. The normalized spacial score (nSPS) is 14.6. The third-order valence-electron chi connectivity index (χ3n) is 5.74. The number of nitrogens with one attached hydrogen (secondary N) is 3. The number of amides is 3. The number of hydrogen-bond donors (Lipinski definition) is 5. The van der Waals surface area contributed by atoms with Crippen LogP contribution >= 0.6 is 0 Å². The summed E-state index contributed by atoms with van der Waals surface area (Å²) in [5.74, 6) is -1.66. The second-order valence-corrected chi connectivity index (χ2v) is 8.78. The number of anilines is 1. The highest BCUT2D eigenvalue weighted by molar-refractivity contribution is 5.98. The van der Waals surface area contributed by atoms with E-state index in [9.17, 15) is 24.5 Å². The van der Waals surface area contributed by atoms with Gasteiger partial charge in [0.15, 0.2) is 0 Å². The van der Waals surface area contributed by atoms with Crippen molar-refractivity contribution in [3.05, 3.63) is 34.4 Å². The van der Waals surface area contributed by atoms with Crippen LogP contribution in [0, 0.1) is 22.0 Å². The number of hydrogen-bond acceptors (Lipinski definition) is 7. The minimum Gasteiger partial charge on any atom is -0.343 e. The number of nitro groups is 1. The molecule has 0 aliphatic rings. The van der Waals surface area contributed by atoms with Crippen LogP contribution in [0.25, 0.3) is 0 Å². The highest BCUT2D eigenvalue weighted by atomic mass is 16.6. The van der Waals surface area contributed by atoms with Crippen molar-refractivity contribution in [1.29, 1.82) is 0 Å². The fourth-order valence-corrected chi connectivity index (χ4v) is 3.17. The van der Waals surface area contributed by atoms with E-state index in [1.54, 1.807) is 0 Å². The molecule has 1 aromatic rings. The number of rotatable bonds is 14. The number of carbonyl (C=O) groups excluding carboxylic acids is 3. The van der Waals surface area contributed by atoms with Crippen LogP contribution in [0.15, 0.2) is 24.3 Å². The zero-order valence-corrected chi connectivity index (χ0v) is 20.4. The van der Waals surface area contributed by atoms with Gasteiger partial charge in [0, 0.05) is 17.8 Å². The molecule has 7 N–H and O–H groups in total. The van der Waals surface area contributed by atoms with Crippen molar-refractivity contribution < 1.29 is 19.3 Å². The van der Waals surface area contributed by atoms with Gasteiger partial charge in [0.2, 0.25) is 17.7 Å². The highest BCUT2D eigenvalue weighted by Crippen LogP contribution is 2.16. The Hall–Kier alpha value is -3.05. The summed E-state index contributed by atoms with van der Waals surface area (Å²) in [6.45, 7) is 7.83. The molecule has 0 radical (unpaired) electrons. The molecule has 11 heteroatoms. The number of nitro benzene ring substituents is 1. The van der Waals surface area contributed by atoms with Gasteiger partial charge in [-0.3, -0.25) is 24.5 Å². The maximum absolute atomic E-state index is 13.1. The lowest BCUT2D eigenvalue weighted by Gasteiger charge is -2.28. The quantitative estimate of drug-likeness (QED) is 0.153. The number of non-ortho nitro benzene ring substituents is 1. The van der Waals surface area contributed by atoms with Gasteiger partial charge in [-0.25, -0.2) is 0 Å². The molecule has 0 saturated heterocycles. The first-order chi connectivity index (χ1) is 16.0. The highest BCUT2D eigenvalue weighted by Gasteiger charge is 2.31. The van der Waals surface area contributed by atoms with Crippen molar-refractivity contribution in [2.45, 2.75) is 71.5 Å². The van der Waals surface area contributed by atoms with Gasteiger partial charge in [-0.15, -0.1) is 0 Å². The van der Waals surface area contributed by atoms with Gasteiger partial charge in [0.05, 0.1) is 11.0 Å². The first-order valence-corrected chi connectivity index (χ1v) is 11.6. The molecule has 11 nitrogen and oxygen atoms in total. The minimum absolute atomic E-state index is 0.0995. The second kappa shape index (κ2) is 14.3. The number of nitrogens with zero attached hydrogens (tertiary/aromatic N) is 1. The summed E-state index contributed by atoms with van der Waals surface area (Å²) < 4.78 is 0. The molecule has 0 fully saturated rings. The summed E-state index contributed by atoms with van der Waals surface area (Å²) >= 11 is 0. The Kier molecular flexibility index (Phi) is 12.2. The number of nitrogens with two attached hydrogens (primary N) is 2. The Morgan fingerprint density at radius 3 is 2.12 bits per heavy atom. The van der Waals surface area contributed by atoms with Gasteiger partial charge in [-0.2, -0.15) is 0 Å². The first-order valence-electron chi connectivity index (χ1n) is 11.6. The van der Waals surface area contributed by atoms with E-state index in [-0.39, 0.29) is 17.5 Å². The molecule has 190 valence electrons. The van der Waals surface area contributed by atoms with Crippen LogP contribution in [0.2, 0.25) is 0 Å². The van der Waals surface area contributed by atoms with E-state index in [0.717, 1.165) is 0 Å². The first kappa shape index (κ1) is 29.0. The zero-order valence-electron chi connectivity index (χ0n) is 20.4. The molecule has 4 atom stereocenters. The van der Waals surface area contributed by atoms with Gasteiger partial charge in [0.25, 0.3) is 5.69 Å². The van der Waals surface area contributed by atoms with Crippen LogP contribution in [-0.4, -0.2) is 47.3 Å². The zero-order chi connectivity index (χ0) is 25.8. The van der Waals surface area contributed by atoms with Crippen LogP contribution in [0.1, 0.15) is 53.4 Å². The summed E-state index contributed by atoms with van der Waals surface area (Å²) in [6.07, 6.45) is 2.25. The maximum atomic E-state index is 13.1. The Balaban J connectivity index is 3.00. The lowest BCUT2D eigenvalue weighted by molar-refractivity contribution is -0.384. The van der Waals surface area contributed by atoms with Gasteiger partial charge >= 0.3 is 0 Å². The van der Waals surface area contributed by atoms with Crippen LogP contribution < -0.4 is 27.4 Å². The number of benzene rings is 1. The molecular weight excluding hydrogens is 440 g/mol. The molecule has 0 aromatic heterocycles. The predicted octanol–water partition coefficient (Wildman–Crippen LogP) is 1.66. The predicted molar refractivity (Wildman–Crippen MR) is 131 cm³/mol. The summed E-state index contributed by atoms with van der Waals surface area (Å²) in [4.78, 5) is 48.9. The molecule has 0 saturated carbocycles. The maximum Gasteiger partial charge on any atom is 0.269 e. The van der Waals surface area contributed by atoms with Crippen molar-refractivity contribution in [3.8, 4) is 0 Å². The smallest absolute Gasteiger partial charge is 0.269 e. The van der Waals surface area contributed by atoms with Crippen LogP contribution in [-0.2, 0) is 14.4 Å². The van der Waals surface area contributed by atoms with E-state index < -0.39 is 40.8 Å². The van der Waals surface area contributed by atoms with Gasteiger partial charge in [0.1, 0.15) is 12.1 Å². The molecule has 1 rings (SSSR count). The van der Waals surface area contributed by atoms with E-state index >= 15 is 0 Å². The van der Waals surface area contributed by atoms with Crippen molar-refractivity contribution >= 4 is 29.1 Å². The summed E-state index contributed by atoms with van der Waals surface area (Å²) in [6, 6.07) is 2.91. The van der Waals surface area contributed by atoms with Crippen LogP contribution in [0.3, 0.4) is 0 Å².